The summed E-state index contributed by atoms with van der Waals surface area (Å²) in [6.07, 6.45) is 5.24. The van der Waals surface area contributed by atoms with Gasteiger partial charge >= 0.3 is 0 Å². The Morgan fingerprint density at radius 3 is 2.33 bits per heavy atom. The van der Waals surface area contributed by atoms with Crippen molar-refractivity contribution in [3.05, 3.63) is 0 Å². The fraction of sp³-hybridized carbons (Fsp3) is 1.00. The van der Waals surface area contributed by atoms with Crippen molar-refractivity contribution < 1.29 is 0 Å². The third kappa shape index (κ3) is 2.55. The van der Waals surface area contributed by atoms with E-state index in [4.69, 9.17) is 5.73 Å². The van der Waals surface area contributed by atoms with E-state index in [-0.39, 0.29) is 12.4 Å². The summed E-state index contributed by atoms with van der Waals surface area (Å²) in [6.45, 7) is 2.25. The highest BCUT2D eigenvalue weighted by Crippen LogP contribution is 2.25. The Hall–Kier alpha value is 0.250. The molecule has 1 aliphatic rings. The zero-order valence-corrected chi connectivity index (χ0v) is 6.79. The van der Waals surface area contributed by atoms with Gasteiger partial charge in [-0.15, -0.1) is 12.4 Å². The highest BCUT2D eigenvalue weighted by atomic mass is 35.5. The van der Waals surface area contributed by atoms with Gasteiger partial charge in [-0.2, -0.15) is 0 Å². The minimum absolute atomic E-state index is 0. The molecule has 0 aromatic carbocycles. The molecule has 0 radical (unpaired) electrons. The topological polar surface area (TPSA) is 26.0 Å². The Morgan fingerprint density at radius 1 is 1.44 bits per heavy atom. The highest BCUT2D eigenvalue weighted by Gasteiger charge is 2.19. The van der Waals surface area contributed by atoms with Crippen molar-refractivity contribution >= 4 is 12.4 Å². The molecule has 1 nitrogen and oxygen atoms in total. The van der Waals surface area contributed by atoms with Crippen molar-refractivity contribution in [1.82, 2.24) is 0 Å². The van der Waals surface area contributed by atoms with E-state index in [0.29, 0.717) is 6.04 Å². The van der Waals surface area contributed by atoms with Crippen LogP contribution >= 0.6 is 12.4 Å². The zero-order chi connectivity index (χ0) is 5.98. The van der Waals surface area contributed by atoms with Crippen molar-refractivity contribution in [2.24, 2.45) is 11.7 Å². The van der Waals surface area contributed by atoms with Gasteiger partial charge in [0.2, 0.25) is 0 Å². The van der Waals surface area contributed by atoms with E-state index in [1.807, 2.05) is 0 Å². The van der Waals surface area contributed by atoms with Crippen LogP contribution in [-0.4, -0.2) is 6.04 Å². The predicted octanol–water partition coefficient (Wildman–Crippen LogP) is 1.95. The molecule has 0 bridgehead atoms. The minimum Gasteiger partial charge on any atom is -0.328 e. The Morgan fingerprint density at radius 2 is 2.11 bits per heavy atom. The zero-order valence-electron chi connectivity index (χ0n) is 5.97. The molecule has 2 unspecified atom stereocenters. The lowest BCUT2D eigenvalue weighted by Crippen LogP contribution is -2.14. The molecule has 1 saturated carbocycles. The van der Waals surface area contributed by atoms with Crippen LogP contribution in [0.25, 0.3) is 0 Å². The highest BCUT2D eigenvalue weighted by molar-refractivity contribution is 5.85. The van der Waals surface area contributed by atoms with Gasteiger partial charge in [0.05, 0.1) is 0 Å². The van der Waals surface area contributed by atoms with E-state index >= 15 is 0 Å². The normalized spacial score (nSPS) is 34.0. The summed E-state index contributed by atoms with van der Waals surface area (Å²) < 4.78 is 0. The molecule has 0 spiro atoms. The molecule has 2 heteroatoms. The van der Waals surface area contributed by atoms with Crippen molar-refractivity contribution in [3.63, 3.8) is 0 Å². The standard InChI is InChI=1S/C7H15N.ClH/c1-2-6-3-4-7(8)5-6;/h6-7H,2-5,8H2,1H3;1H. The number of hydrogen-bond acceptors (Lipinski definition) is 1. The summed E-state index contributed by atoms with van der Waals surface area (Å²) in [7, 11) is 0. The fourth-order valence-electron chi connectivity index (χ4n) is 1.48. The second-order valence-corrected chi connectivity index (χ2v) is 2.85. The quantitative estimate of drug-likeness (QED) is 0.606. The van der Waals surface area contributed by atoms with E-state index in [2.05, 4.69) is 6.92 Å². The molecular weight excluding hydrogens is 134 g/mol. The Balaban J connectivity index is 0.000000640. The molecule has 0 heterocycles. The van der Waals surface area contributed by atoms with Crippen LogP contribution in [0.5, 0.6) is 0 Å². The van der Waals surface area contributed by atoms with Gasteiger partial charge in [0.1, 0.15) is 0 Å². The summed E-state index contributed by atoms with van der Waals surface area (Å²) in [6, 6.07) is 0.528. The lowest BCUT2D eigenvalue weighted by molar-refractivity contribution is 0.520. The number of hydrogen-bond donors (Lipinski definition) is 1. The van der Waals surface area contributed by atoms with Gasteiger partial charge < -0.3 is 5.73 Å². The second-order valence-electron chi connectivity index (χ2n) is 2.85. The van der Waals surface area contributed by atoms with Crippen molar-refractivity contribution in [3.8, 4) is 0 Å². The van der Waals surface area contributed by atoms with Crippen molar-refractivity contribution in [2.45, 2.75) is 38.6 Å². The van der Waals surface area contributed by atoms with Gasteiger partial charge in [-0.3, -0.25) is 0 Å². The SMILES string of the molecule is CCC1CCC(N)C1.Cl. The van der Waals surface area contributed by atoms with Gasteiger partial charge in [0, 0.05) is 6.04 Å². The van der Waals surface area contributed by atoms with Crippen molar-refractivity contribution in [2.75, 3.05) is 0 Å². The first-order valence-corrected chi connectivity index (χ1v) is 3.58. The molecule has 9 heavy (non-hydrogen) atoms. The maximum Gasteiger partial charge on any atom is 0.00415 e. The van der Waals surface area contributed by atoms with Gasteiger partial charge in [-0.25, -0.2) is 0 Å². The van der Waals surface area contributed by atoms with Crippen LogP contribution in [0.4, 0.5) is 0 Å². The Kier molecular flexibility index (Phi) is 4.24. The first kappa shape index (κ1) is 9.25. The van der Waals surface area contributed by atoms with Crippen LogP contribution < -0.4 is 5.73 Å². The molecule has 1 rings (SSSR count). The molecule has 1 fully saturated rings. The summed E-state index contributed by atoms with van der Waals surface area (Å²) in [5, 5.41) is 0. The molecule has 0 aliphatic heterocycles. The lowest BCUT2D eigenvalue weighted by Gasteiger charge is -2.02. The number of halogens is 1. The lowest BCUT2D eigenvalue weighted by atomic mass is 10.1. The van der Waals surface area contributed by atoms with Crippen LogP contribution in [0, 0.1) is 5.92 Å². The molecule has 0 amide bonds. The minimum atomic E-state index is 0. The largest absolute Gasteiger partial charge is 0.328 e. The van der Waals surface area contributed by atoms with Crippen LogP contribution in [0.1, 0.15) is 32.6 Å². The van der Waals surface area contributed by atoms with Gasteiger partial charge in [0.25, 0.3) is 0 Å². The first-order valence-electron chi connectivity index (χ1n) is 3.58. The molecule has 2 N–H and O–H groups in total. The Bertz CT molecular complexity index is 75.3. The third-order valence-corrected chi connectivity index (χ3v) is 2.16. The van der Waals surface area contributed by atoms with E-state index < -0.39 is 0 Å². The smallest absolute Gasteiger partial charge is 0.00415 e. The molecule has 0 aromatic rings. The van der Waals surface area contributed by atoms with Gasteiger partial charge in [0.15, 0.2) is 0 Å². The number of nitrogens with two attached hydrogens (primary N) is 1. The van der Waals surface area contributed by atoms with Crippen LogP contribution in [0.2, 0.25) is 0 Å². The molecule has 0 aromatic heterocycles. The van der Waals surface area contributed by atoms with Crippen molar-refractivity contribution in [1.29, 1.82) is 0 Å². The summed E-state index contributed by atoms with van der Waals surface area (Å²) in [5.41, 5.74) is 5.70. The van der Waals surface area contributed by atoms with E-state index in [9.17, 15) is 0 Å². The molecule has 2 atom stereocenters. The fourth-order valence-corrected chi connectivity index (χ4v) is 1.48. The first-order chi connectivity index (χ1) is 3.83. The summed E-state index contributed by atoms with van der Waals surface area (Å²) >= 11 is 0. The van der Waals surface area contributed by atoms with E-state index in [1.165, 1.54) is 25.7 Å². The van der Waals surface area contributed by atoms with Crippen LogP contribution in [0.3, 0.4) is 0 Å². The average molecular weight is 150 g/mol. The molecule has 56 valence electrons. The predicted molar refractivity (Wildman–Crippen MR) is 42.9 cm³/mol. The summed E-state index contributed by atoms with van der Waals surface area (Å²) in [5.74, 6) is 0.949. The van der Waals surface area contributed by atoms with Gasteiger partial charge in [-0.05, 0) is 25.2 Å². The van der Waals surface area contributed by atoms with E-state index in [1.54, 1.807) is 0 Å². The molecule has 0 saturated heterocycles. The second kappa shape index (κ2) is 4.13. The average Bonchev–Trinajstić information content (AvgIpc) is 2.14. The maximum absolute atomic E-state index is 5.70. The Labute approximate surface area is 63.4 Å². The molecular formula is C7H16ClN. The third-order valence-electron chi connectivity index (χ3n) is 2.16. The monoisotopic (exact) mass is 149 g/mol. The van der Waals surface area contributed by atoms with Gasteiger partial charge in [-0.1, -0.05) is 13.3 Å². The maximum atomic E-state index is 5.70. The molecule has 1 aliphatic carbocycles. The summed E-state index contributed by atoms with van der Waals surface area (Å²) in [4.78, 5) is 0. The van der Waals surface area contributed by atoms with Crippen LogP contribution in [-0.2, 0) is 0 Å². The number of rotatable bonds is 1. The van der Waals surface area contributed by atoms with E-state index in [0.717, 1.165) is 5.92 Å². The van der Waals surface area contributed by atoms with Crippen LogP contribution in [0.15, 0.2) is 0 Å².